The first kappa shape index (κ1) is 25.5. The van der Waals surface area contributed by atoms with E-state index in [-0.39, 0.29) is 0 Å². The lowest BCUT2D eigenvalue weighted by Gasteiger charge is -2.32. The molecular weight excluding hydrogens is 446 g/mol. The molecule has 4 nitrogen and oxygen atoms in total. The lowest BCUT2D eigenvalue weighted by atomic mass is 9.70. The average Bonchev–Trinajstić information content (AvgIpc) is 3.19. The quantitative estimate of drug-likeness (QED) is 0.534. The molecule has 0 amide bonds. The third kappa shape index (κ3) is 4.54. The maximum absolute atomic E-state index is 6.45. The molecule has 2 heterocycles. The fraction of sp³-hybridized carbons (Fsp3) is 0.467. The molecule has 0 atom stereocenters. The highest BCUT2D eigenvalue weighted by Gasteiger charge is 2.54. The van der Waals surface area contributed by atoms with Gasteiger partial charge in [-0.25, -0.2) is 0 Å². The maximum atomic E-state index is 6.45. The molecule has 0 bridgehead atoms. The zero-order valence-corrected chi connectivity index (χ0v) is 23.0. The van der Waals surface area contributed by atoms with Gasteiger partial charge in [0.25, 0.3) is 0 Å². The summed E-state index contributed by atoms with van der Waals surface area (Å²) >= 11 is 0. The molecule has 2 aromatic rings. The lowest BCUT2D eigenvalue weighted by Crippen LogP contribution is -2.41. The Kier molecular flexibility index (Phi) is 6.19. The van der Waals surface area contributed by atoms with E-state index in [1.54, 1.807) is 0 Å². The second-order valence-corrected chi connectivity index (χ2v) is 12.3. The van der Waals surface area contributed by atoms with Crippen LogP contribution in [-0.4, -0.2) is 36.6 Å². The van der Waals surface area contributed by atoms with Crippen LogP contribution in [0.2, 0.25) is 0 Å². The fourth-order valence-electron chi connectivity index (χ4n) is 4.85. The molecule has 2 aromatic carbocycles. The van der Waals surface area contributed by atoms with Crippen molar-refractivity contribution in [2.24, 2.45) is 0 Å². The van der Waals surface area contributed by atoms with Crippen LogP contribution in [0.15, 0.2) is 60.7 Å². The van der Waals surface area contributed by atoms with Crippen molar-refractivity contribution in [1.82, 2.24) is 0 Å². The van der Waals surface area contributed by atoms with E-state index in [1.165, 1.54) is 16.7 Å². The van der Waals surface area contributed by atoms with Crippen LogP contribution in [0.25, 0.3) is 11.1 Å². The highest BCUT2D eigenvalue weighted by molar-refractivity contribution is 6.66. The van der Waals surface area contributed by atoms with E-state index in [0.29, 0.717) is 0 Å². The van der Waals surface area contributed by atoms with Crippen molar-refractivity contribution >= 4 is 36.3 Å². The molecule has 0 N–H and O–H groups in total. The molecule has 36 heavy (non-hydrogen) atoms. The average molecular weight is 484 g/mol. The molecule has 6 heteroatoms. The summed E-state index contributed by atoms with van der Waals surface area (Å²) in [4.78, 5) is 0. The van der Waals surface area contributed by atoms with E-state index in [4.69, 9.17) is 18.6 Å². The van der Waals surface area contributed by atoms with Crippen molar-refractivity contribution in [3.8, 4) is 0 Å². The Morgan fingerprint density at radius 1 is 0.611 bits per heavy atom. The molecule has 0 aromatic heterocycles. The summed E-state index contributed by atoms with van der Waals surface area (Å²) in [5.41, 5.74) is 5.30. The highest BCUT2D eigenvalue weighted by Crippen LogP contribution is 2.39. The summed E-state index contributed by atoms with van der Waals surface area (Å²) in [6.07, 6.45) is 6.62. The van der Waals surface area contributed by atoms with Gasteiger partial charge in [0.05, 0.1) is 22.4 Å². The van der Waals surface area contributed by atoms with Gasteiger partial charge in [-0.1, -0.05) is 60.7 Å². The minimum Gasteiger partial charge on any atom is -0.399 e. The standard InChI is InChI=1S/C30H38B2O4/c1-27(2)28(3,4)34-31(33-27)25-18-24(19-26(20-25)32-35-29(5,6)30(7,8)36-32)23-16-12-15-22(17-23)21-13-10-9-11-14-21/h9-11,13-15,17-20H,12,16H2,1-8H3. The minimum absolute atomic E-state index is 0.411. The van der Waals surface area contributed by atoms with E-state index < -0.39 is 36.6 Å². The van der Waals surface area contributed by atoms with Crippen molar-refractivity contribution < 1.29 is 18.6 Å². The van der Waals surface area contributed by atoms with Gasteiger partial charge < -0.3 is 18.6 Å². The molecule has 0 unspecified atom stereocenters. The number of hydrogen-bond donors (Lipinski definition) is 0. The number of allylic oxidation sites excluding steroid dienone is 4. The summed E-state index contributed by atoms with van der Waals surface area (Å²) < 4.78 is 25.8. The van der Waals surface area contributed by atoms with Crippen molar-refractivity contribution in [2.75, 3.05) is 0 Å². The summed E-state index contributed by atoms with van der Waals surface area (Å²) in [5, 5.41) is 0. The molecule has 188 valence electrons. The van der Waals surface area contributed by atoms with Crippen molar-refractivity contribution in [2.45, 2.75) is 90.6 Å². The topological polar surface area (TPSA) is 36.9 Å². The molecule has 0 radical (unpaired) electrons. The highest BCUT2D eigenvalue weighted by atomic mass is 16.7. The molecule has 0 spiro atoms. The van der Waals surface area contributed by atoms with Gasteiger partial charge in [0.15, 0.2) is 0 Å². The first-order valence-corrected chi connectivity index (χ1v) is 13.1. The van der Waals surface area contributed by atoms with E-state index in [2.05, 4.69) is 116 Å². The van der Waals surface area contributed by atoms with Crippen molar-refractivity contribution in [3.05, 3.63) is 71.8 Å². The van der Waals surface area contributed by atoms with Gasteiger partial charge in [0.1, 0.15) is 0 Å². The SMILES string of the molecule is CC1(C)OB(c2cc(B3OC(C)(C)C(C)(C)O3)cc(C3=CC(c4ccccc4)=CCC3)c2)OC1(C)C. The molecule has 1 aliphatic carbocycles. The number of hydrogen-bond acceptors (Lipinski definition) is 4. The molecule has 2 saturated heterocycles. The first-order valence-electron chi connectivity index (χ1n) is 13.1. The largest absolute Gasteiger partial charge is 0.494 e. The van der Waals surface area contributed by atoms with Crippen molar-refractivity contribution in [3.63, 3.8) is 0 Å². The normalized spacial score (nSPS) is 24.0. The van der Waals surface area contributed by atoms with Gasteiger partial charge >= 0.3 is 14.2 Å². The Labute approximate surface area is 217 Å². The second-order valence-electron chi connectivity index (χ2n) is 12.3. The fourth-order valence-corrected chi connectivity index (χ4v) is 4.85. The summed E-state index contributed by atoms with van der Waals surface area (Å²) in [7, 11) is -0.908. The third-order valence-electron chi connectivity index (χ3n) is 8.61. The van der Waals surface area contributed by atoms with Crippen LogP contribution in [0.3, 0.4) is 0 Å². The van der Waals surface area contributed by atoms with Crippen LogP contribution in [0.5, 0.6) is 0 Å². The number of rotatable bonds is 4. The second kappa shape index (κ2) is 8.73. The predicted molar refractivity (Wildman–Crippen MR) is 150 cm³/mol. The number of benzene rings is 2. The van der Waals surface area contributed by atoms with Gasteiger partial charge in [0.2, 0.25) is 0 Å². The van der Waals surface area contributed by atoms with Crippen LogP contribution < -0.4 is 10.9 Å². The molecule has 5 rings (SSSR count). The Morgan fingerprint density at radius 3 is 1.56 bits per heavy atom. The van der Waals surface area contributed by atoms with E-state index >= 15 is 0 Å². The molecule has 3 aliphatic rings. The van der Waals surface area contributed by atoms with Crippen LogP contribution in [0, 0.1) is 0 Å². The molecule has 0 saturated carbocycles. The van der Waals surface area contributed by atoms with Gasteiger partial charge in [-0.3, -0.25) is 0 Å². The Hall–Kier alpha value is -2.11. The minimum atomic E-state index is -0.454. The summed E-state index contributed by atoms with van der Waals surface area (Å²) in [6.45, 7) is 16.7. The van der Waals surface area contributed by atoms with Crippen LogP contribution in [-0.2, 0) is 18.6 Å². The van der Waals surface area contributed by atoms with Gasteiger partial charge in [-0.15, -0.1) is 0 Å². The zero-order valence-electron chi connectivity index (χ0n) is 23.0. The molecular formula is C30H38B2O4. The summed E-state index contributed by atoms with van der Waals surface area (Å²) in [5.74, 6) is 0. The lowest BCUT2D eigenvalue weighted by molar-refractivity contribution is 0.00578. The maximum Gasteiger partial charge on any atom is 0.494 e. The molecule has 2 aliphatic heterocycles. The Morgan fingerprint density at radius 2 is 1.08 bits per heavy atom. The Balaban J connectivity index is 1.57. The van der Waals surface area contributed by atoms with Gasteiger partial charge in [-0.2, -0.15) is 0 Å². The van der Waals surface area contributed by atoms with E-state index in [1.807, 2.05) is 0 Å². The first-order chi connectivity index (χ1) is 16.8. The van der Waals surface area contributed by atoms with Crippen LogP contribution in [0.4, 0.5) is 0 Å². The van der Waals surface area contributed by atoms with Crippen LogP contribution >= 0.6 is 0 Å². The third-order valence-corrected chi connectivity index (χ3v) is 8.61. The van der Waals surface area contributed by atoms with Gasteiger partial charge in [0, 0.05) is 0 Å². The van der Waals surface area contributed by atoms with Crippen molar-refractivity contribution in [1.29, 1.82) is 0 Å². The van der Waals surface area contributed by atoms with E-state index in [9.17, 15) is 0 Å². The zero-order chi connectivity index (χ0) is 25.9. The van der Waals surface area contributed by atoms with Gasteiger partial charge in [-0.05, 0) is 101 Å². The van der Waals surface area contributed by atoms with E-state index in [0.717, 1.165) is 29.3 Å². The Bertz CT molecular complexity index is 1120. The monoisotopic (exact) mass is 484 g/mol. The van der Waals surface area contributed by atoms with Crippen LogP contribution in [0.1, 0.15) is 79.4 Å². The summed E-state index contributed by atoms with van der Waals surface area (Å²) in [6, 6.07) is 17.1. The predicted octanol–water partition coefficient (Wildman–Crippen LogP) is 5.55. The smallest absolute Gasteiger partial charge is 0.399 e. The molecule has 2 fully saturated rings.